The second-order valence-corrected chi connectivity index (χ2v) is 6.98. The molecular formula is C14H18Cl2N2O. The van der Waals surface area contributed by atoms with Gasteiger partial charge in [0.1, 0.15) is 10.3 Å². The largest absolute Gasteiger partial charge is 0.352 e. The van der Waals surface area contributed by atoms with Gasteiger partial charge in [-0.15, -0.1) is 0 Å². The highest BCUT2D eigenvalue weighted by atomic mass is 35.5. The molecular weight excluding hydrogens is 283 g/mol. The molecule has 0 aromatic carbocycles. The van der Waals surface area contributed by atoms with Crippen molar-refractivity contribution in [3.63, 3.8) is 0 Å². The molecule has 0 spiro atoms. The molecule has 0 aliphatic heterocycles. The Balaban J connectivity index is 2.00. The predicted octanol–water partition coefficient (Wildman–Crippen LogP) is 3.80. The summed E-state index contributed by atoms with van der Waals surface area (Å²) < 4.78 is 0. The van der Waals surface area contributed by atoms with Crippen molar-refractivity contribution in [1.29, 1.82) is 0 Å². The Kier molecular flexibility index (Phi) is 3.56. The number of amides is 1. The first-order valence-corrected chi connectivity index (χ1v) is 7.03. The van der Waals surface area contributed by atoms with Crippen LogP contribution in [0.4, 0.5) is 0 Å². The summed E-state index contributed by atoms with van der Waals surface area (Å²) >= 11 is 11.6. The molecule has 3 nitrogen and oxygen atoms in total. The van der Waals surface area contributed by atoms with Crippen molar-refractivity contribution < 1.29 is 4.79 Å². The van der Waals surface area contributed by atoms with Gasteiger partial charge < -0.3 is 5.32 Å². The summed E-state index contributed by atoms with van der Waals surface area (Å²) in [5.41, 5.74) is 0.961. The predicted molar refractivity (Wildman–Crippen MR) is 77.6 cm³/mol. The van der Waals surface area contributed by atoms with E-state index in [1.807, 2.05) is 0 Å². The Labute approximate surface area is 123 Å². The van der Waals surface area contributed by atoms with Gasteiger partial charge >= 0.3 is 0 Å². The van der Waals surface area contributed by atoms with E-state index >= 15 is 0 Å². The fourth-order valence-electron chi connectivity index (χ4n) is 2.74. The van der Waals surface area contributed by atoms with Gasteiger partial charge in [0.25, 0.3) is 5.91 Å². The number of pyridine rings is 1. The van der Waals surface area contributed by atoms with E-state index in [2.05, 4.69) is 38.0 Å². The number of hydrogen-bond donors (Lipinski definition) is 1. The quantitative estimate of drug-likeness (QED) is 0.863. The number of rotatable bonds is 3. The lowest BCUT2D eigenvalue weighted by Crippen LogP contribution is -2.27. The Morgan fingerprint density at radius 2 is 1.68 bits per heavy atom. The normalized spacial score (nSPS) is 20.1. The highest BCUT2D eigenvalue weighted by Crippen LogP contribution is 2.67. The first-order valence-electron chi connectivity index (χ1n) is 6.27. The van der Waals surface area contributed by atoms with Gasteiger partial charge in [-0.1, -0.05) is 50.9 Å². The Bertz CT molecular complexity index is 492. The third kappa shape index (κ3) is 2.59. The molecule has 1 aliphatic carbocycles. The van der Waals surface area contributed by atoms with E-state index in [0.29, 0.717) is 18.0 Å². The standard InChI is InChI=1S/C14H18Cl2N2O/c1-13(2)9(14(13,3)4)7-17-12(19)8-5-10(15)18-11(16)6-8/h5-6,9H,7H2,1-4H3,(H,17,19). The van der Waals surface area contributed by atoms with Crippen LogP contribution in [0.3, 0.4) is 0 Å². The molecule has 1 heterocycles. The molecule has 1 fully saturated rings. The molecule has 0 atom stereocenters. The lowest BCUT2D eigenvalue weighted by Gasteiger charge is -2.07. The van der Waals surface area contributed by atoms with Crippen molar-refractivity contribution in [3.8, 4) is 0 Å². The number of carbonyl (C=O) groups is 1. The maximum absolute atomic E-state index is 12.0. The van der Waals surface area contributed by atoms with Gasteiger partial charge in [0.05, 0.1) is 0 Å². The summed E-state index contributed by atoms with van der Waals surface area (Å²) in [6, 6.07) is 3.04. The molecule has 1 saturated carbocycles. The SMILES string of the molecule is CC1(C)C(CNC(=O)c2cc(Cl)nc(Cl)c2)C1(C)C. The summed E-state index contributed by atoms with van der Waals surface area (Å²) in [5, 5.41) is 3.40. The fourth-order valence-corrected chi connectivity index (χ4v) is 3.20. The molecule has 0 radical (unpaired) electrons. The fraction of sp³-hybridized carbons (Fsp3) is 0.571. The Hall–Kier alpha value is -0.800. The van der Waals surface area contributed by atoms with Gasteiger partial charge in [0.2, 0.25) is 0 Å². The second-order valence-electron chi connectivity index (χ2n) is 6.21. The van der Waals surface area contributed by atoms with Crippen LogP contribution in [0.1, 0.15) is 38.1 Å². The Morgan fingerprint density at radius 1 is 1.21 bits per heavy atom. The maximum atomic E-state index is 12.0. The van der Waals surface area contributed by atoms with Crippen molar-refractivity contribution in [2.45, 2.75) is 27.7 Å². The smallest absolute Gasteiger partial charge is 0.251 e. The molecule has 2 rings (SSSR count). The monoisotopic (exact) mass is 300 g/mol. The zero-order chi connectivity index (χ0) is 14.4. The molecule has 1 N–H and O–H groups in total. The highest BCUT2D eigenvalue weighted by molar-refractivity contribution is 6.33. The van der Waals surface area contributed by atoms with Gasteiger partial charge in [-0.25, -0.2) is 4.98 Å². The van der Waals surface area contributed by atoms with Crippen molar-refractivity contribution in [2.24, 2.45) is 16.7 Å². The minimum Gasteiger partial charge on any atom is -0.352 e. The third-order valence-electron chi connectivity index (χ3n) is 4.81. The zero-order valence-electron chi connectivity index (χ0n) is 11.6. The van der Waals surface area contributed by atoms with Crippen LogP contribution in [-0.2, 0) is 0 Å². The van der Waals surface area contributed by atoms with Crippen LogP contribution >= 0.6 is 23.2 Å². The number of hydrogen-bond acceptors (Lipinski definition) is 2. The second kappa shape index (κ2) is 4.64. The lowest BCUT2D eigenvalue weighted by atomic mass is 10.0. The van der Waals surface area contributed by atoms with E-state index < -0.39 is 0 Å². The summed E-state index contributed by atoms with van der Waals surface area (Å²) in [6.07, 6.45) is 0. The van der Waals surface area contributed by atoms with Gasteiger partial charge in [-0.05, 0) is 28.9 Å². The van der Waals surface area contributed by atoms with Crippen molar-refractivity contribution in [3.05, 3.63) is 28.0 Å². The van der Waals surface area contributed by atoms with Gasteiger partial charge in [0.15, 0.2) is 0 Å². The molecule has 0 saturated heterocycles. The summed E-state index contributed by atoms with van der Waals surface area (Å²) in [5.74, 6) is 0.321. The van der Waals surface area contributed by atoms with E-state index in [0.717, 1.165) is 0 Å². The number of halogens is 2. The zero-order valence-corrected chi connectivity index (χ0v) is 13.1. The molecule has 1 aromatic heterocycles. The highest BCUT2D eigenvalue weighted by Gasteiger charge is 2.64. The van der Waals surface area contributed by atoms with Crippen molar-refractivity contribution in [1.82, 2.24) is 10.3 Å². The molecule has 19 heavy (non-hydrogen) atoms. The van der Waals surface area contributed by atoms with Crippen LogP contribution in [0.5, 0.6) is 0 Å². The van der Waals surface area contributed by atoms with Gasteiger partial charge in [-0.2, -0.15) is 0 Å². The van der Waals surface area contributed by atoms with Gasteiger partial charge in [-0.3, -0.25) is 4.79 Å². The van der Waals surface area contributed by atoms with Crippen molar-refractivity contribution >= 4 is 29.1 Å². The van der Waals surface area contributed by atoms with E-state index in [1.54, 1.807) is 0 Å². The molecule has 1 amide bonds. The molecule has 0 unspecified atom stereocenters. The van der Waals surface area contributed by atoms with Gasteiger partial charge in [0, 0.05) is 12.1 Å². The van der Waals surface area contributed by atoms with Crippen LogP contribution in [0.2, 0.25) is 10.3 Å². The summed E-state index contributed by atoms with van der Waals surface area (Å²) in [4.78, 5) is 15.9. The van der Waals surface area contributed by atoms with Crippen LogP contribution in [0.25, 0.3) is 0 Å². The average molecular weight is 301 g/mol. The van der Waals surface area contributed by atoms with Crippen LogP contribution in [0, 0.1) is 16.7 Å². The Morgan fingerprint density at radius 3 is 2.11 bits per heavy atom. The molecule has 0 bridgehead atoms. The van der Waals surface area contributed by atoms with E-state index in [-0.39, 0.29) is 27.0 Å². The topological polar surface area (TPSA) is 42.0 Å². The van der Waals surface area contributed by atoms with E-state index in [1.165, 1.54) is 12.1 Å². The minimum atomic E-state index is -0.162. The summed E-state index contributed by atoms with van der Waals surface area (Å²) in [6.45, 7) is 9.57. The minimum absolute atomic E-state index is 0.162. The molecule has 1 aliphatic rings. The maximum Gasteiger partial charge on any atom is 0.251 e. The molecule has 5 heteroatoms. The van der Waals surface area contributed by atoms with E-state index in [9.17, 15) is 4.79 Å². The first kappa shape index (κ1) is 14.6. The van der Waals surface area contributed by atoms with Crippen LogP contribution in [-0.4, -0.2) is 17.4 Å². The van der Waals surface area contributed by atoms with Crippen LogP contribution in [0.15, 0.2) is 12.1 Å². The lowest BCUT2D eigenvalue weighted by molar-refractivity contribution is 0.0950. The average Bonchev–Trinajstić information content (AvgIpc) is 2.65. The van der Waals surface area contributed by atoms with E-state index in [4.69, 9.17) is 23.2 Å². The number of nitrogens with one attached hydrogen (secondary N) is 1. The van der Waals surface area contributed by atoms with Crippen molar-refractivity contribution in [2.75, 3.05) is 6.54 Å². The number of aromatic nitrogens is 1. The number of nitrogens with zero attached hydrogens (tertiary/aromatic N) is 1. The summed E-state index contributed by atoms with van der Waals surface area (Å²) in [7, 11) is 0. The third-order valence-corrected chi connectivity index (χ3v) is 5.20. The first-order chi connectivity index (χ1) is 8.66. The van der Waals surface area contributed by atoms with Crippen LogP contribution < -0.4 is 5.32 Å². The molecule has 104 valence electrons. The number of carbonyl (C=O) groups excluding carboxylic acids is 1. The molecule has 1 aromatic rings.